The molecular formula is C8H17NO. The number of hydrogen-bond acceptors (Lipinski definition) is 2. The minimum absolute atomic E-state index is 0.143. The molecule has 1 saturated heterocycles. The summed E-state index contributed by atoms with van der Waals surface area (Å²) in [6.45, 7) is 2.99. The van der Waals surface area contributed by atoms with Crippen LogP contribution in [0.1, 0.15) is 32.6 Å². The Hall–Kier alpha value is -0.0800. The number of aliphatic hydroxyl groups excluding tert-OH is 1. The summed E-state index contributed by atoms with van der Waals surface area (Å²) in [6.07, 6.45) is 4.64. The molecule has 0 amide bonds. The SMILES string of the molecule is C[C@@H](O)CC1CCCCN1. The van der Waals surface area contributed by atoms with E-state index in [2.05, 4.69) is 5.32 Å². The van der Waals surface area contributed by atoms with Gasteiger partial charge in [0.1, 0.15) is 0 Å². The van der Waals surface area contributed by atoms with Crippen LogP contribution in [0.4, 0.5) is 0 Å². The zero-order valence-corrected chi connectivity index (χ0v) is 6.64. The van der Waals surface area contributed by atoms with Gasteiger partial charge in [-0.15, -0.1) is 0 Å². The Morgan fingerprint density at radius 2 is 2.40 bits per heavy atom. The van der Waals surface area contributed by atoms with Gasteiger partial charge in [-0.25, -0.2) is 0 Å². The van der Waals surface area contributed by atoms with Gasteiger partial charge in [0, 0.05) is 6.04 Å². The number of rotatable bonds is 2. The molecule has 1 heterocycles. The van der Waals surface area contributed by atoms with E-state index in [4.69, 9.17) is 5.11 Å². The average Bonchev–Trinajstić information content (AvgIpc) is 1.88. The third-order valence-corrected chi connectivity index (χ3v) is 2.04. The van der Waals surface area contributed by atoms with E-state index in [1.54, 1.807) is 0 Å². The predicted molar refractivity (Wildman–Crippen MR) is 41.9 cm³/mol. The van der Waals surface area contributed by atoms with Gasteiger partial charge in [-0.2, -0.15) is 0 Å². The van der Waals surface area contributed by atoms with Crippen molar-refractivity contribution in [3.05, 3.63) is 0 Å². The van der Waals surface area contributed by atoms with E-state index in [1.807, 2.05) is 6.92 Å². The molecule has 2 heteroatoms. The molecule has 0 aliphatic carbocycles. The van der Waals surface area contributed by atoms with Crippen LogP contribution >= 0.6 is 0 Å². The van der Waals surface area contributed by atoms with E-state index >= 15 is 0 Å². The van der Waals surface area contributed by atoms with Gasteiger partial charge in [0.05, 0.1) is 6.10 Å². The quantitative estimate of drug-likeness (QED) is 0.602. The largest absolute Gasteiger partial charge is 0.393 e. The third-order valence-electron chi connectivity index (χ3n) is 2.04. The maximum Gasteiger partial charge on any atom is 0.0526 e. The van der Waals surface area contributed by atoms with Crippen molar-refractivity contribution >= 4 is 0 Å². The van der Waals surface area contributed by atoms with E-state index in [0.29, 0.717) is 6.04 Å². The van der Waals surface area contributed by atoms with E-state index < -0.39 is 0 Å². The second-order valence-corrected chi connectivity index (χ2v) is 3.23. The van der Waals surface area contributed by atoms with Crippen LogP contribution in [0.2, 0.25) is 0 Å². The Bertz CT molecular complexity index is 87.3. The first-order chi connectivity index (χ1) is 4.79. The lowest BCUT2D eigenvalue weighted by Gasteiger charge is -2.24. The highest BCUT2D eigenvalue weighted by atomic mass is 16.3. The number of nitrogens with one attached hydrogen (secondary N) is 1. The Labute approximate surface area is 62.6 Å². The molecule has 0 radical (unpaired) electrons. The van der Waals surface area contributed by atoms with Gasteiger partial charge >= 0.3 is 0 Å². The molecule has 0 aromatic carbocycles. The summed E-state index contributed by atoms with van der Waals surface area (Å²) in [5.41, 5.74) is 0. The van der Waals surface area contributed by atoms with Crippen molar-refractivity contribution in [3.8, 4) is 0 Å². The summed E-state index contributed by atoms with van der Waals surface area (Å²) in [5, 5.41) is 12.5. The van der Waals surface area contributed by atoms with Crippen molar-refractivity contribution in [2.45, 2.75) is 44.8 Å². The monoisotopic (exact) mass is 143 g/mol. The van der Waals surface area contributed by atoms with E-state index in [0.717, 1.165) is 13.0 Å². The molecule has 0 saturated carbocycles. The zero-order chi connectivity index (χ0) is 7.40. The van der Waals surface area contributed by atoms with Gasteiger partial charge in [-0.3, -0.25) is 0 Å². The lowest BCUT2D eigenvalue weighted by molar-refractivity contribution is 0.160. The average molecular weight is 143 g/mol. The molecule has 0 aromatic heterocycles. The van der Waals surface area contributed by atoms with Crippen LogP contribution in [0.5, 0.6) is 0 Å². The Morgan fingerprint density at radius 1 is 1.60 bits per heavy atom. The second kappa shape index (κ2) is 3.94. The molecule has 0 bridgehead atoms. The minimum Gasteiger partial charge on any atom is -0.393 e. The molecule has 10 heavy (non-hydrogen) atoms. The van der Waals surface area contributed by atoms with Gasteiger partial charge in [0.25, 0.3) is 0 Å². The molecule has 2 nitrogen and oxygen atoms in total. The molecule has 1 unspecified atom stereocenters. The first kappa shape index (κ1) is 8.02. The highest BCUT2D eigenvalue weighted by Crippen LogP contribution is 2.11. The van der Waals surface area contributed by atoms with E-state index in [1.165, 1.54) is 19.3 Å². The lowest BCUT2D eigenvalue weighted by Crippen LogP contribution is -2.36. The van der Waals surface area contributed by atoms with Gasteiger partial charge < -0.3 is 10.4 Å². The first-order valence-electron chi connectivity index (χ1n) is 4.20. The second-order valence-electron chi connectivity index (χ2n) is 3.23. The zero-order valence-electron chi connectivity index (χ0n) is 6.64. The van der Waals surface area contributed by atoms with Crippen LogP contribution in [-0.2, 0) is 0 Å². The minimum atomic E-state index is -0.143. The first-order valence-corrected chi connectivity index (χ1v) is 4.20. The Morgan fingerprint density at radius 3 is 2.90 bits per heavy atom. The predicted octanol–water partition coefficient (Wildman–Crippen LogP) is 0.899. The van der Waals surface area contributed by atoms with Gasteiger partial charge in [0.2, 0.25) is 0 Å². The van der Waals surface area contributed by atoms with Crippen LogP contribution in [0.25, 0.3) is 0 Å². The van der Waals surface area contributed by atoms with Crippen molar-refractivity contribution in [2.75, 3.05) is 6.54 Å². The maximum atomic E-state index is 9.06. The fourth-order valence-electron chi connectivity index (χ4n) is 1.54. The Kier molecular flexibility index (Phi) is 3.16. The van der Waals surface area contributed by atoms with Crippen molar-refractivity contribution in [1.82, 2.24) is 5.32 Å². The topological polar surface area (TPSA) is 32.3 Å². The molecule has 1 fully saturated rings. The third kappa shape index (κ3) is 2.67. The van der Waals surface area contributed by atoms with Crippen molar-refractivity contribution in [2.24, 2.45) is 0 Å². The van der Waals surface area contributed by atoms with Crippen molar-refractivity contribution in [1.29, 1.82) is 0 Å². The molecular weight excluding hydrogens is 126 g/mol. The molecule has 1 aliphatic rings. The number of aliphatic hydroxyl groups is 1. The molecule has 0 spiro atoms. The van der Waals surface area contributed by atoms with Crippen LogP contribution in [0.3, 0.4) is 0 Å². The van der Waals surface area contributed by atoms with Gasteiger partial charge in [-0.1, -0.05) is 6.42 Å². The molecule has 0 aromatic rings. The summed E-state index contributed by atoms with van der Waals surface area (Å²) in [5.74, 6) is 0. The van der Waals surface area contributed by atoms with E-state index in [9.17, 15) is 0 Å². The summed E-state index contributed by atoms with van der Waals surface area (Å²) in [4.78, 5) is 0. The number of piperidine rings is 1. The standard InChI is InChI=1S/C8H17NO/c1-7(10)6-8-4-2-3-5-9-8/h7-10H,2-6H2,1H3/t7-,8?/m1/s1. The van der Waals surface area contributed by atoms with E-state index in [-0.39, 0.29) is 6.10 Å². The molecule has 2 N–H and O–H groups in total. The highest BCUT2D eigenvalue weighted by molar-refractivity contribution is 4.73. The van der Waals surface area contributed by atoms with Crippen LogP contribution in [0, 0.1) is 0 Å². The van der Waals surface area contributed by atoms with Gasteiger partial charge in [-0.05, 0) is 32.7 Å². The lowest BCUT2D eigenvalue weighted by atomic mass is 10.00. The number of hydrogen-bond donors (Lipinski definition) is 2. The van der Waals surface area contributed by atoms with Crippen molar-refractivity contribution < 1.29 is 5.11 Å². The van der Waals surface area contributed by atoms with Crippen molar-refractivity contribution in [3.63, 3.8) is 0 Å². The summed E-state index contributed by atoms with van der Waals surface area (Å²) < 4.78 is 0. The highest BCUT2D eigenvalue weighted by Gasteiger charge is 2.13. The fraction of sp³-hybridized carbons (Fsp3) is 1.00. The molecule has 1 aliphatic heterocycles. The summed E-state index contributed by atoms with van der Waals surface area (Å²) >= 11 is 0. The Balaban J connectivity index is 2.13. The molecule has 60 valence electrons. The molecule has 2 atom stereocenters. The summed E-state index contributed by atoms with van der Waals surface area (Å²) in [7, 11) is 0. The molecule has 1 rings (SSSR count). The summed E-state index contributed by atoms with van der Waals surface area (Å²) in [6, 6.07) is 0.578. The maximum absolute atomic E-state index is 9.06. The normalized spacial score (nSPS) is 30.0. The fourth-order valence-corrected chi connectivity index (χ4v) is 1.54. The van der Waals surface area contributed by atoms with Crippen LogP contribution in [0.15, 0.2) is 0 Å². The van der Waals surface area contributed by atoms with Crippen LogP contribution < -0.4 is 5.32 Å². The van der Waals surface area contributed by atoms with Gasteiger partial charge in [0.15, 0.2) is 0 Å². The smallest absolute Gasteiger partial charge is 0.0526 e. The van der Waals surface area contributed by atoms with Crippen LogP contribution in [-0.4, -0.2) is 23.8 Å².